The molecule has 2 rings (SSSR count). The van der Waals surface area contributed by atoms with Gasteiger partial charge >= 0.3 is 0 Å². The summed E-state index contributed by atoms with van der Waals surface area (Å²) in [6.07, 6.45) is 1.99. The molecule has 1 heterocycles. The zero-order chi connectivity index (χ0) is 13.1. The van der Waals surface area contributed by atoms with Crippen molar-refractivity contribution in [3.63, 3.8) is 0 Å². The highest BCUT2D eigenvalue weighted by Gasteiger charge is 2.32. The average molecular weight is 248 g/mol. The lowest BCUT2D eigenvalue weighted by Crippen LogP contribution is -2.41. The molecule has 2 N–H and O–H groups in total. The van der Waals surface area contributed by atoms with Gasteiger partial charge < -0.3 is 15.4 Å². The highest BCUT2D eigenvalue weighted by atomic mass is 16.5. The van der Waals surface area contributed by atoms with Gasteiger partial charge in [-0.2, -0.15) is 0 Å². The lowest BCUT2D eigenvalue weighted by atomic mass is 10.0. The van der Waals surface area contributed by atoms with E-state index < -0.39 is 6.04 Å². The molecule has 0 spiro atoms. The third-order valence-electron chi connectivity index (χ3n) is 3.42. The van der Waals surface area contributed by atoms with Gasteiger partial charge in [-0.15, -0.1) is 0 Å². The van der Waals surface area contributed by atoms with Gasteiger partial charge in [-0.25, -0.2) is 0 Å². The van der Waals surface area contributed by atoms with Gasteiger partial charge in [0, 0.05) is 12.1 Å². The topological polar surface area (TPSA) is 55.6 Å². The SMILES string of the molecule is COc1ccccc1[C@@H]1CCCN1C(=O)[C@H](C)N. The van der Waals surface area contributed by atoms with Crippen molar-refractivity contribution in [2.45, 2.75) is 31.8 Å². The minimum absolute atomic E-state index is 0.0170. The number of likely N-dealkylation sites (tertiary alicyclic amines) is 1. The van der Waals surface area contributed by atoms with Crippen molar-refractivity contribution in [1.29, 1.82) is 0 Å². The Labute approximate surface area is 108 Å². The van der Waals surface area contributed by atoms with E-state index in [4.69, 9.17) is 10.5 Å². The standard InChI is InChI=1S/C14H20N2O2/c1-10(15)14(17)16-9-5-7-12(16)11-6-3-4-8-13(11)18-2/h3-4,6,8,10,12H,5,7,9,15H2,1-2H3/t10-,12-/m0/s1. The lowest BCUT2D eigenvalue weighted by Gasteiger charge is -2.27. The molecular weight excluding hydrogens is 228 g/mol. The number of ether oxygens (including phenoxy) is 1. The lowest BCUT2D eigenvalue weighted by molar-refractivity contribution is -0.133. The molecule has 4 heteroatoms. The van der Waals surface area contributed by atoms with E-state index in [-0.39, 0.29) is 11.9 Å². The zero-order valence-corrected chi connectivity index (χ0v) is 10.9. The first-order valence-corrected chi connectivity index (χ1v) is 6.34. The molecule has 1 aliphatic rings. The van der Waals surface area contributed by atoms with E-state index in [9.17, 15) is 4.79 Å². The Morgan fingerprint density at radius 1 is 1.50 bits per heavy atom. The Balaban J connectivity index is 2.29. The van der Waals surface area contributed by atoms with Gasteiger partial charge in [0.1, 0.15) is 5.75 Å². The monoisotopic (exact) mass is 248 g/mol. The summed E-state index contributed by atoms with van der Waals surface area (Å²) in [5, 5.41) is 0. The summed E-state index contributed by atoms with van der Waals surface area (Å²) >= 11 is 0. The van der Waals surface area contributed by atoms with Gasteiger partial charge in [0.25, 0.3) is 0 Å². The fourth-order valence-corrected chi connectivity index (χ4v) is 2.56. The first kappa shape index (κ1) is 12.9. The number of hydrogen-bond acceptors (Lipinski definition) is 3. The van der Waals surface area contributed by atoms with Gasteiger partial charge in [-0.05, 0) is 25.8 Å². The van der Waals surface area contributed by atoms with E-state index in [2.05, 4.69) is 0 Å². The summed E-state index contributed by atoms with van der Waals surface area (Å²) in [7, 11) is 1.66. The van der Waals surface area contributed by atoms with Gasteiger partial charge in [0.05, 0.1) is 19.2 Å². The van der Waals surface area contributed by atoms with Crippen LogP contribution in [0.2, 0.25) is 0 Å². The van der Waals surface area contributed by atoms with E-state index >= 15 is 0 Å². The molecule has 1 aromatic carbocycles. The first-order chi connectivity index (χ1) is 8.65. The molecule has 0 radical (unpaired) electrons. The summed E-state index contributed by atoms with van der Waals surface area (Å²) in [5.41, 5.74) is 6.78. The average Bonchev–Trinajstić information content (AvgIpc) is 2.86. The van der Waals surface area contributed by atoms with Crippen LogP contribution in [0.25, 0.3) is 0 Å². The Morgan fingerprint density at radius 2 is 2.22 bits per heavy atom. The van der Waals surface area contributed by atoms with Crippen molar-refractivity contribution in [2.75, 3.05) is 13.7 Å². The number of carbonyl (C=O) groups excluding carboxylic acids is 1. The minimum Gasteiger partial charge on any atom is -0.496 e. The van der Waals surface area contributed by atoms with Crippen LogP contribution in [0, 0.1) is 0 Å². The predicted molar refractivity (Wildman–Crippen MR) is 70.3 cm³/mol. The van der Waals surface area contributed by atoms with E-state index in [1.54, 1.807) is 14.0 Å². The molecule has 0 bridgehead atoms. The normalized spacial score (nSPS) is 20.8. The molecule has 1 aromatic rings. The number of amides is 1. The van der Waals surface area contributed by atoms with Crippen LogP contribution in [-0.2, 0) is 4.79 Å². The van der Waals surface area contributed by atoms with Crippen molar-refractivity contribution in [1.82, 2.24) is 4.90 Å². The minimum atomic E-state index is -0.444. The number of rotatable bonds is 3. The summed E-state index contributed by atoms with van der Waals surface area (Å²) < 4.78 is 5.38. The molecule has 2 atom stereocenters. The van der Waals surface area contributed by atoms with Crippen LogP contribution in [0.15, 0.2) is 24.3 Å². The second-order valence-corrected chi connectivity index (χ2v) is 4.72. The Kier molecular flexibility index (Phi) is 3.87. The third kappa shape index (κ3) is 2.34. The number of para-hydroxylation sites is 1. The van der Waals surface area contributed by atoms with E-state index in [0.717, 1.165) is 30.7 Å². The van der Waals surface area contributed by atoms with Crippen LogP contribution in [0.5, 0.6) is 5.75 Å². The van der Waals surface area contributed by atoms with Gasteiger partial charge in [0.2, 0.25) is 5.91 Å². The fraction of sp³-hybridized carbons (Fsp3) is 0.500. The molecule has 1 fully saturated rings. The highest BCUT2D eigenvalue weighted by molar-refractivity contribution is 5.82. The van der Waals surface area contributed by atoms with Crippen LogP contribution in [-0.4, -0.2) is 30.5 Å². The van der Waals surface area contributed by atoms with Crippen LogP contribution in [0.3, 0.4) is 0 Å². The number of benzene rings is 1. The van der Waals surface area contributed by atoms with Gasteiger partial charge in [0.15, 0.2) is 0 Å². The Hall–Kier alpha value is -1.55. The maximum Gasteiger partial charge on any atom is 0.239 e. The van der Waals surface area contributed by atoms with Crippen LogP contribution >= 0.6 is 0 Å². The molecule has 0 aliphatic carbocycles. The molecule has 18 heavy (non-hydrogen) atoms. The molecule has 1 amide bonds. The maximum absolute atomic E-state index is 12.1. The predicted octanol–water partition coefficient (Wildman–Crippen LogP) is 1.71. The van der Waals surface area contributed by atoms with Gasteiger partial charge in [-0.1, -0.05) is 18.2 Å². The summed E-state index contributed by atoms with van der Waals surface area (Å²) in [6, 6.07) is 7.53. The van der Waals surface area contributed by atoms with E-state index in [0.29, 0.717) is 0 Å². The van der Waals surface area contributed by atoms with Crippen LogP contribution in [0.1, 0.15) is 31.4 Å². The quantitative estimate of drug-likeness (QED) is 0.886. The van der Waals surface area contributed by atoms with Crippen molar-refractivity contribution in [2.24, 2.45) is 5.73 Å². The van der Waals surface area contributed by atoms with Crippen molar-refractivity contribution in [3.8, 4) is 5.75 Å². The molecule has 0 aromatic heterocycles. The molecule has 4 nitrogen and oxygen atoms in total. The first-order valence-electron chi connectivity index (χ1n) is 6.34. The number of nitrogens with two attached hydrogens (primary N) is 1. The number of carbonyl (C=O) groups is 1. The molecule has 1 aliphatic heterocycles. The second kappa shape index (κ2) is 5.40. The van der Waals surface area contributed by atoms with Crippen molar-refractivity contribution in [3.05, 3.63) is 29.8 Å². The zero-order valence-electron chi connectivity index (χ0n) is 10.9. The van der Waals surface area contributed by atoms with Crippen LogP contribution < -0.4 is 10.5 Å². The number of hydrogen-bond donors (Lipinski definition) is 1. The largest absolute Gasteiger partial charge is 0.496 e. The van der Waals surface area contributed by atoms with E-state index in [1.165, 1.54) is 0 Å². The summed E-state index contributed by atoms with van der Waals surface area (Å²) in [6.45, 7) is 2.52. The van der Waals surface area contributed by atoms with Crippen molar-refractivity contribution >= 4 is 5.91 Å². The Bertz CT molecular complexity index is 432. The molecule has 98 valence electrons. The summed E-state index contributed by atoms with van der Waals surface area (Å²) in [4.78, 5) is 14.0. The fourth-order valence-electron chi connectivity index (χ4n) is 2.56. The van der Waals surface area contributed by atoms with Gasteiger partial charge in [-0.3, -0.25) is 4.79 Å². The van der Waals surface area contributed by atoms with Crippen molar-refractivity contribution < 1.29 is 9.53 Å². The summed E-state index contributed by atoms with van der Waals surface area (Å²) in [5.74, 6) is 0.857. The molecule has 1 saturated heterocycles. The Morgan fingerprint density at radius 3 is 2.89 bits per heavy atom. The molecular formula is C14H20N2O2. The van der Waals surface area contributed by atoms with Crippen LogP contribution in [0.4, 0.5) is 0 Å². The third-order valence-corrected chi connectivity index (χ3v) is 3.42. The number of nitrogens with zero attached hydrogens (tertiary/aromatic N) is 1. The second-order valence-electron chi connectivity index (χ2n) is 4.72. The molecule has 0 unspecified atom stereocenters. The molecule has 0 saturated carbocycles. The smallest absolute Gasteiger partial charge is 0.239 e. The maximum atomic E-state index is 12.1. The highest BCUT2D eigenvalue weighted by Crippen LogP contribution is 2.36. The number of methoxy groups -OCH3 is 1. The van der Waals surface area contributed by atoms with E-state index in [1.807, 2.05) is 29.2 Å².